The summed E-state index contributed by atoms with van der Waals surface area (Å²) in [6.45, 7) is 3.67. The Balaban J connectivity index is 1.42. The van der Waals surface area contributed by atoms with Crippen LogP contribution in [0.4, 0.5) is 0 Å². The lowest BCUT2D eigenvalue weighted by Crippen LogP contribution is -2.36. The molecule has 1 unspecified atom stereocenters. The number of amides is 1. The molecule has 3 rings (SSSR count). The Morgan fingerprint density at radius 1 is 1.33 bits per heavy atom. The molecule has 24 heavy (non-hydrogen) atoms. The molecule has 1 atom stereocenters. The summed E-state index contributed by atoms with van der Waals surface area (Å²) in [5.41, 5.74) is 0.498. The summed E-state index contributed by atoms with van der Waals surface area (Å²) in [5.74, 6) is 1.59. The Labute approximate surface area is 142 Å². The molecular weight excluding hydrogens is 304 g/mol. The number of hydrogen-bond donors (Lipinski definition) is 2. The summed E-state index contributed by atoms with van der Waals surface area (Å²) >= 11 is 0. The highest BCUT2D eigenvalue weighted by Crippen LogP contribution is 2.21. The monoisotopic (exact) mass is 328 g/mol. The van der Waals surface area contributed by atoms with Crippen molar-refractivity contribution in [1.82, 2.24) is 10.2 Å². The first-order chi connectivity index (χ1) is 11.7. The van der Waals surface area contributed by atoms with E-state index in [0.717, 1.165) is 31.8 Å². The summed E-state index contributed by atoms with van der Waals surface area (Å²) in [4.78, 5) is 14.5. The molecular formula is C19H24N2O3. The number of rotatable bonds is 6. The smallest absolute Gasteiger partial charge is 0.251 e. The van der Waals surface area contributed by atoms with Gasteiger partial charge in [-0.15, -0.1) is 0 Å². The SMILES string of the molecule is O=C(NCCC1CCCN(Cc2ccco2)C1)c1cccc(O)c1. The van der Waals surface area contributed by atoms with Gasteiger partial charge in [0.05, 0.1) is 12.8 Å². The normalized spacial score (nSPS) is 18.4. The van der Waals surface area contributed by atoms with Gasteiger partial charge in [-0.05, 0) is 62.1 Å². The van der Waals surface area contributed by atoms with E-state index in [4.69, 9.17) is 4.42 Å². The molecule has 1 aliphatic rings. The molecule has 128 valence electrons. The topological polar surface area (TPSA) is 65.7 Å². The van der Waals surface area contributed by atoms with Gasteiger partial charge in [-0.3, -0.25) is 9.69 Å². The number of hydrogen-bond acceptors (Lipinski definition) is 4. The summed E-state index contributed by atoms with van der Waals surface area (Å²) in [6, 6.07) is 10.4. The van der Waals surface area contributed by atoms with Crippen LogP contribution in [-0.2, 0) is 6.54 Å². The maximum Gasteiger partial charge on any atom is 0.251 e. The van der Waals surface area contributed by atoms with E-state index < -0.39 is 0 Å². The van der Waals surface area contributed by atoms with Crippen molar-refractivity contribution in [3.63, 3.8) is 0 Å². The average molecular weight is 328 g/mol. The number of phenols is 1. The van der Waals surface area contributed by atoms with Gasteiger partial charge in [0.2, 0.25) is 0 Å². The third kappa shape index (κ3) is 4.61. The number of carbonyl (C=O) groups is 1. The zero-order valence-electron chi connectivity index (χ0n) is 13.8. The fraction of sp³-hybridized carbons (Fsp3) is 0.421. The van der Waals surface area contributed by atoms with Gasteiger partial charge in [-0.25, -0.2) is 0 Å². The van der Waals surface area contributed by atoms with Gasteiger partial charge in [0.15, 0.2) is 0 Å². The lowest BCUT2D eigenvalue weighted by molar-refractivity contribution is 0.0945. The Hall–Kier alpha value is -2.27. The van der Waals surface area contributed by atoms with Crippen molar-refractivity contribution in [2.75, 3.05) is 19.6 Å². The predicted molar refractivity (Wildman–Crippen MR) is 91.8 cm³/mol. The van der Waals surface area contributed by atoms with Crippen LogP contribution in [0.1, 0.15) is 35.4 Å². The molecule has 1 saturated heterocycles. The third-order valence-corrected chi connectivity index (χ3v) is 4.51. The second-order valence-electron chi connectivity index (χ2n) is 6.42. The number of aromatic hydroxyl groups is 1. The molecule has 0 bridgehead atoms. The highest BCUT2D eigenvalue weighted by molar-refractivity contribution is 5.94. The minimum Gasteiger partial charge on any atom is -0.508 e. The number of nitrogens with zero attached hydrogens (tertiary/aromatic N) is 1. The number of furan rings is 1. The average Bonchev–Trinajstić information content (AvgIpc) is 3.08. The van der Waals surface area contributed by atoms with E-state index in [9.17, 15) is 9.90 Å². The standard InChI is InChI=1S/C19H24N2O3/c22-17-6-1-5-16(12-17)19(23)20-9-8-15-4-2-10-21(13-15)14-18-7-3-11-24-18/h1,3,5-7,11-12,15,22H,2,4,8-10,13-14H2,(H,20,23). The van der Waals surface area contributed by atoms with Crippen molar-refractivity contribution in [2.24, 2.45) is 5.92 Å². The van der Waals surface area contributed by atoms with Crippen LogP contribution in [-0.4, -0.2) is 35.5 Å². The highest BCUT2D eigenvalue weighted by Gasteiger charge is 2.20. The minimum absolute atomic E-state index is 0.114. The van der Waals surface area contributed by atoms with Crippen LogP contribution >= 0.6 is 0 Å². The summed E-state index contributed by atoms with van der Waals surface area (Å²) in [5, 5.41) is 12.4. The largest absolute Gasteiger partial charge is 0.508 e. The molecule has 0 saturated carbocycles. The fourth-order valence-electron chi connectivity index (χ4n) is 3.29. The number of likely N-dealkylation sites (tertiary alicyclic amines) is 1. The van der Waals surface area contributed by atoms with Gasteiger partial charge in [0.1, 0.15) is 11.5 Å². The van der Waals surface area contributed by atoms with E-state index in [0.29, 0.717) is 18.0 Å². The Bertz CT molecular complexity index is 654. The van der Waals surface area contributed by atoms with Crippen molar-refractivity contribution in [3.05, 3.63) is 54.0 Å². The minimum atomic E-state index is -0.130. The van der Waals surface area contributed by atoms with Crippen LogP contribution in [0.5, 0.6) is 5.75 Å². The van der Waals surface area contributed by atoms with Gasteiger partial charge in [-0.2, -0.15) is 0 Å². The molecule has 1 aromatic heterocycles. The van der Waals surface area contributed by atoms with Crippen molar-refractivity contribution < 1.29 is 14.3 Å². The molecule has 2 N–H and O–H groups in total. The number of nitrogens with one attached hydrogen (secondary N) is 1. The first-order valence-electron chi connectivity index (χ1n) is 8.52. The fourth-order valence-corrected chi connectivity index (χ4v) is 3.29. The van der Waals surface area contributed by atoms with Gasteiger partial charge in [-0.1, -0.05) is 6.07 Å². The molecule has 5 nitrogen and oxygen atoms in total. The van der Waals surface area contributed by atoms with Gasteiger partial charge in [0.25, 0.3) is 5.91 Å². The molecule has 5 heteroatoms. The molecule has 1 aromatic carbocycles. The van der Waals surface area contributed by atoms with Gasteiger partial charge < -0.3 is 14.8 Å². The van der Waals surface area contributed by atoms with E-state index in [2.05, 4.69) is 10.2 Å². The third-order valence-electron chi connectivity index (χ3n) is 4.51. The summed E-state index contributed by atoms with van der Waals surface area (Å²) < 4.78 is 5.42. The van der Waals surface area contributed by atoms with Crippen LogP contribution < -0.4 is 5.32 Å². The highest BCUT2D eigenvalue weighted by atomic mass is 16.3. The van der Waals surface area contributed by atoms with Crippen LogP contribution in [0.25, 0.3) is 0 Å². The van der Waals surface area contributed by atoms with Crippen molar-refractivity contribution >= 4 is 5.91 Å². The lowest BCUT2D eigenvalue weighted by atomic mass is 9.94. The number of piperidine rings is 1. The zero-order valence-corrected chi connectivity index (χ0v) is 13.8. The molecule has 0 aliphatic carbocycles. The van der Waals surface area contributed by atoms with Crippen LogP contribution in [0, 0.1) is 5.92 Å². The molecule has 0 spiro atoms. The van der Waals surface area contributed by atoms with Crippen LogP contribution in [0.2, 0.25) is 0 Å². The number of benzene rings is 1. The van der Waals surface area contributed by atoms with E-state index >= 15 is 0 Å². The summed E-state index contributed by atoms with van der Waals surface area (Å²) in [7, 11) is 0. The van der Waals surface area contributed by atoms with Gasteiger partial charge >= 0.3 is 0 Å². The van der Waals surface area contributed by atoms with E-state index in [1.165, 1.54) is 18.9 Å². The van der Waals surface area contributed by atoms with Crippen molar-refractivity contribution in [3.8, 4) is 5.75 Å². The molecule has 1 amide bonds. The second kappa shape index (κ2) is 8.02. The van der Waals surface area contributed by atoms with Crippen LogP contribution in [0.3, 0.4) is 0 Å². The first kappa shape index (κ1) is 16.6. The second-order valence-corrected chi connectivity index (χ2v) is 6.42. The molecule has 2 aromatic rings. The van der Waals surface area contributed by atoms with E-state index in [-0.39, 0.29) is 11.7 Å². The Morgan fingerprint density at radius 2 is 2.25 bits per heavy atom. The first-order valence-corrected chi connectivity index (χ1v) is 8.52. The maximum absolute atomic E-state index is 12.1. The lowest BCUT2D eigenvalue weighted by Gasteiger charge is -2.32. The van der Waals surface area contributed by atoms with Crippen LogP contribution in [0.15, 0.2) is 47.1 Å². The number of phenolic OH excluding ortho intramolecular Hbond substituents is 1. The van der Waals surface area contributed by atoms with Crippen molar-refractivity contribution in [2.45, 2.75) is 25.8 Å². The van der Waals surface area contributed by atoms with E-state index in [1.807, 2.05) is 12.1 Å². The molecule has 1 aliphatic heterocycles. The summed E-state index contributed by atoms with van der Waals surface area (Å²) in [6.07, 6.45) is 5.08. The van der Waals surface area contributed by atoms with Gasteiger partial charge in [0, 0.05) is 18.7 Å². The zero-order chi connectivity index (χ0) is 16.8. The van der Waals surface area contributed by atoms with Crippen molar-refractivity contribution in [1.29, 1.82) is 0 Å². The Kier molecular flexibility index (Phi) is 5.54. The quantitative estimate of drug-likeness (QED) is 0.855. The predicted octanol–water partition coefficient (Wildman–Crippen LogP) is 3.02. The molecule has 0 radical (unpaired) electrons. The molecule has 2 heterocycles. The molecule has 1 fully saturated rings. The maximum atomic E-state index is 12.1. The number of carbonyl (C=O) groups excluding carboxylic acids is 1. The van der Waals surface area contributed by atoms with E-state index in [1.54, 1.807) is 24.5 Å². The Morgan fingerprint density at radius 3 is 3.04 bits per heavy atom.